The molecule has 0 aliphatic carbocycles. The van der Waals surface area contributed by atoms with E-state index in [9.17, 15) is 14.4 Å². The highest BCUT2D eigenvalue weighted by Crippen LogP contribution is 2.40. The molecule has 1 N–H and O–H groups in total. The Morgan fingerprint density at radius 1 is 1.07 bits per heavy atom. The molecular weight excluding hydrogens is 510 g/mol. The number of aryl methyl sites for hydroxylation is 1. The van der Waals surface area contributed by atoms with Crippen LogP contribution in [0.2, 0.25) is 0 Å². The number of anilines is 1. The summed E-state index contributed by atoms with van der Waals surface area (Å²) in [4.78, 5) is 39.7. The molecule has 0 saturated carbocycles. The highest BCUT2D eigenvalue weighted by molar-refractivity contribution is 5.96. The van der Waals surface area contributed by atoms with Gasteiger partial charge in [0.25, 0.3) is 0 Å². The summed E-state index contributed by atoms with van der Waals surface area (Å²) >= 11 is 0. The van der Waals surface area contributed by atoms with Crippen molar-refractivity contribution < 1.29 is 28.6 Å². The summed E-state index contributed by atoms with van der Waals surface area (Å²) in [5, 5.41) is 3.84. The van der Waals surface area contributed by atoms with Crippen LogP contribution in [0.15, 0.2) is 36.5 Å². The molecule has 1 atom stereocenters. The molecule has 4 rings (SSSR count). The Kier molecular flexibility index (Phi) is 8.54. The normalized spacial score (nSPS) is 16.0. The molecule has 1 amide bonds. The lowest BCUT2D eigenvalue weighted by molar-refractivity contribution is -0.114. The number of carbonyl (C=O) groups is 3. The standard InChI is InChI=1S/C31H39N3O6/c1-19-16-27(38-6)24(22-13-15-34(28(19)22)30(37)40-31(3,4)5)18-33-14-9-8-10-26(33)23-12-11-21(29(36)39-7)17-25(23)32-20(2)35/h11-13,15-17,26H,8-10,14,18H2,1-7H3,(H,32,35). The maximum absolute atomic E-state index is 13.0. The number of hydrogen-bond acceptors (Lipinski definition) is 7. The number of carbonyl (C=O) groups excluding carboxylic acids is 3. The molecular formula is C31H39N3O6. The van der Waals surface area contributed by atoms with Crippen LogP contribution in [-0.2, 0) is 20.8 Å². The third-order valence-corrected chi connectivity index (χ3v) is 7.16. The van der Waals surface area contributed by atoms with Gasteiger partial charge in [-0.05, 0) is 82.5 Å². The summed E-state index contributed by atoms with van der Waals surface area (Å²) in [6.45, 7) is 10.4. The molecule has 214 valence electrons. The van der Waals surface area contributed by atoms with Crippen LogP contribution >= 0.6 is 0 Å². The predicted octanol–water partition coefficient (Wildman–Crippen LogP) is 6.21. The Balaban J connectivity index is 1.77. The minimum absolute atomic E-state index is 0.00343. The zero-order chi connectivity index (χ0) is 29.2. The quantitative estimate of drug-likeness (QED) is 0.365. The van der Waals surface area contributed by atoms with E-state index in [-0.39, 0.29) is 11.9 Å². The zero-order valence-electron chi connectivity index (χ0n) is 24.4. The van der Waals surface area contributed by atoms with E-state index in [0.717, 1.165) is 59.2 Å². The Morgan fingerprint density at radius 2 is 1.82 bits per heavy atom. The second-order valence-electron chi connectivity index (χ2n) is 11.3. The molecule has 9 heteroatoms. The van der Waals surface area contributed by atoms with Crippen molar-refractivity contribution in [3.8, 4) is 5.75 Å². The third kappa shape index (κ3) is 6.14. The maximum Gasteiger partial charge on any atom is 0.419 e. The molecule has 3 aromatic rings. The largest absolute Gasteiger partial charge is 0.496 e. The molecule has 0 spiro atoms. The molecule has 0 radical (unpaired) electrons. The van der Waals surface area contributed by atoms with E-state index in [2.05, 4.69) is 10.2 Å². The average Bonchev–Trinajstić information content (AvgIpc) is 3.35. The van der Waals surface area contributed by atoms with Crippen LogP contribution in [-0.4, -0.2) is 53.8 Å². The number of piperidine rings is 1. The molecule has 2 heterocycles. The van der Waals surface area contributed by atoms with Crippen molar-refractivity contribution in [3.05, 3.63) is 58.8 Å². The molecule has 1 aliphatic heterocycles. The summed E-state index contributed by atoms with van der Waals surface area (Å²) in [5.74, 6) is 0.0790. The summed E-state index contributed by atoms with van der Waals surface area (Å²) in [5.41, 5.74) is 3.98. The van der Waals surface area contributed by atoms with Gasteiger partial charge in [-0.2, -0.15) is 0 Å². The summed E-state index contributed by atoms with van der Waals surface area (Å²) in [6.07, 6.45) is 4.28. The number of likely N-dealkylation sites (tertiary alicyclic amines) is 1. The lowest BCUT2D eigenvalue weighted by atomic mass is 9.92. The Bertz CT molecular complexity index is 1440. The SMILES string of the molecule is COC(=O)c1ccc(C2CCCCN2Cc2c(OC)cc(C)c3c2ccn3C(=O)OC(C)(C)C)c(NC(C)=O)c1. The molecule has 2 aromatic carbocycles. The first-order chi connectivity index (χ1) is 18.9. The number of amides is 1. The summed E-state index contributed by atoms with van der Waals surface area (Å²) in [7, 11) is 2.99. The van der Waals surface area contributed by atoms with Gasteiger partial charge in [-0.15, -0.1) is 0 Å². The van der Waals surface area contributed by atoms with Gasteiger partial charge in [0.15, 0.2) is 0 Å². The molecule has 1 fully saturated rings. The minimum Gasteiger partial charge on any atom is -0.496 e. The zero-order valence-corrected chi connectivity index (χ0v) is 24.4. The Morgan fingerprint density at radius 3 is 2.48 bits per heavy atom. The maximum atomic E-state index is 13.0. The van der Waals surface area contributed by atoms with E-state index in [0.29, 0.717) is 17.8 Å². The van der Waals surface area contributed by atoms with Gasteiger partial charge in [0.05, 0.1) is 25.3 Å². The Labute approximate surface area is 235 Å². The topological polar surface area (TPSA) is 99.1 Å². The van der Waals surface area contributed by atoms with Gasteiger partial charge in [-0.3, -0.25) is 14.3 Å². The average molecular weight is 550 g/mol. The van der Waals surface area contributed by atoms with Gasteiger partial charge < -0.3 is 19.5 Å². The van der Waals surface area contributed by atoms with Gasteiger partial charge in [0, 0.05) is 42.3 Å². The van der Waals surface area contributed by atoms with Crippen LogP contribution in [0, 0.1) is 6.92 Å². The van der Waals surface area contributed by atoms with Crippen molar-refractivity contribution in [2.24, 2.45) is 0 Å². The fourth-order valence-electron chi connectivity index (χ4n) is 5.50. The lowest BCUT2D eigenvalue weighted by Gasteiger charge is -2.37. The van der Waals surface area contributed by atoms with Crippen LogP contribution in [0.5, 0.6) is 5.75 Å². The number of nitrogens with one attached hydrogen (secondary N) is 1. The molecule has 1 unspecified atom stereocenters. The van der Waals surface area contributed by atoms with E-state index in [1.165, 1.54) is 14.0 Å². The van der Waals surface area contributed by atoms with E-state index in [1.807, 2.05) is 45.9 Å². The fraction of sp³-hybridized carbons (Fsp3) is 0.452. The summed E-state index contributed by atoms with van der Waals surface area (Å²) < 4.78 is 18.0. The van der Waals surface area contributed by atoms with Gasteiger partial charge in [-0.25, -0.2) is 9.59 Å². The smallest absolute Gasteiger partial charge is 0.419 e. The second kappa shape index (κ2) is 11.7. The lowest BCUT2D eigenvalue weighted by Crippen LogP contribution is -2.33. The molecule has 1 saturated heterocycles. The number of ether oxygens (including phenoxy) is 3. The van der Waals surface area contributed by atoms with Crippen molar-refractivity contribution in [1.29, 1.82) is 0 Å². The number of methoxy groups -OCH3 is 2. The number of rotatable bonds is 6. The first-order valence-electron chi connectivity index (χ1n) is 13.6. The van der Waals surface area contributed by atoms with E-state index in [4.69, 9.17) is 14.2 Å². The van der Waals surface area contributed by atoms with Crippen LogP contribution in [0.1, 0.15) is 80.0 Å². The molecule has 1 aromatic heterocycles. The van der Waals surface area contributed by atoms with E-state index < -0.39 is 17.7 Å². The monoisotopic (exact) mass is 549 g/mol. The molecule has 40 heavy (non-hydrogen) atoms. The van der Waals surface area contributed by atoms with Gasteiger partial charge in [-0.1, -0.05) is 12.5 Å². The summed E-state index contributed by atoms with van der Waals surface area (Å²) in [6, 6.07) is 9.23. The number of esters is 1. The van der Waals surface area contributed by atoms with Crippen molar-refractivity contribution in [2.45, 2.75) is 72.1 Å². The van der Waals surface area contributed by atoms with Crippen LogP contribution in [0.25, 0.3) is 10.9 Å². The van der Waals surface area contributed by atoms with E-state index in [1.54, 1.807) is 30.0 Å². The van der Waals surface area contributed by atoms with Gasteiger partial charge in [0.2, 0.25) is 5.91 Å². The van der Waals surface area contributed by atoms with Crippen molar-refractivity contribution in [3.63, 3.8) is 0 Å². The fourth-order valence-corrected chi connectivity index (χ4v) is 5.50. The van der Waals surface area contributed by atoms with Crippen molar-refractivity contribution in [2.75, 3.05) is 26.1 Å². The van der Waals surface area contributed by atoms with E-state index >= 15 is 0 Å². The highest BCUT2D eigenvalue weighted by atomic mass is 16.6. The highest BCUT2D eigenvalue weighted by Gasteiger charge is 2.29. The third-order valence-electron chi connectivity index (χ3n) is 7.16. The second-order valence-corrected chi connectivity index (χ2v) is 11.3. The number of fused-ring (bicyclic) bond motifs is 1. The molecule has 1 aliphatic rings. The first kappa shape index (κ1) is 29.1. The van der Waals surface area contributed by atoms with Crippen molar-refractivity contribution >= 4 is 34.6 Å². The first-order valence-corrected chi connectivity index (χ1v) is 13.6. The Hall–Kier alpha value is -3.85. The number of benzene rings is 2. The van der Waals surface area contributed by atoms with Crippen LogP contribution < -0.4 is 10.1 Å². The predicted molar refractivity (Wildman–Crippen MR) is 154 cm³/mol. The van der Waals surface area contributed by atoms with Crippen LogP contribution in [0.3, 0.4) is 0 Å². The van der Waals surface area contributed by atoms with Gasteiger partial charge >= 0.3 is 12.1 Å². The number of aromatic nitrogens is 1. The number of nitrogens with zero attached hydrogens (tertiary/aromatic N) is 2. The molecule has 0 bridgehead atoms. The molecule has 9 nitrogen and oxygen atoms in total. The van der Waals surface area contributed by atoms with Crippen LogP contribution in [0.4, 0.5) is 10.5 Å². The van der Waals surface area contributed by atoms with Gasteiger partial charge in [0.1, 0.15) is 11.4 Å². The number of hydrogen-bond donors (Lipinski definition) is 1. The van der Waals surface area contributed by atoms with Crippen molar-refractivity contribution in [1.82, 2.24) is 9.47 Å². The minimum atomic E-state index is -0.618.